The predicted octanol–water partition coefficient (Wildman–Crippen LogP) is 4.11. The van der Waals surface area contributed by atoms with Crippen LogP contribution in [0.3, 0.4) is 0 Å². The zero-order chi connectivity index (χ0) is 19.2. The van der Waals surface area contributed by atoms with Gasteiger partial charge in [0, 0.05) is 19.7 Å². The topological polar surface area (TPSA) is 67.8 Å². The van der Waals surface area contributed by atoms with Gasteiger partial charge >= 0.3 is 0 Å². The van der Waals surface area contributed by atoms with Crippen LogP contribution in [0.5, 0.6) is 11.5 Å². The van der Waals surface area contributed by atoms with Gasteiger partial charge in [0.25, 0.3) is 0 Å². The number of thiazole rings is 1. The van der Waals surface area contributed by atoms with Crippen molar-refractivity contribution in [1.29, 1.82) is 0 Å². The van der Waals surface area contributed by atoms with Crippen LogP contribution in [0.25, 0.3) is 21.7 Å². The van der Waals surface area contributed by atoms with Gasteiger partial charge in [0.05, 0.1) is 24.8 Å². The van der Waals surface area contributed by atoms with Gasteiger partial charge in [-0.1, -0.05) is 11.3 Å². The number of hydrogen-bond donors (Lipinski definition) is 2. The summed E-state index contributed by atoms with van der Waals surface area (Å²) in [5.41, 5.74) is 3.00. The van der Waals surface area contributed by atoms with Crippen LogP contribution in [0.1, 0.15) is 0 Å². The molecule has 0 radical (unpaired) electrons. The molecule has 27 heavy (non-hydrogen) atoms. The highest BCUT2D eigenvalue weighted by Gasteiger charge is 2.16. The van der Waals surface area contributed by atoms with E-state index in [1.54, 1.807) is 32.6 Å². The van der Waals surface area contributed by atoms with Crippen molar-refractivity contribution in [2.45, 2.75) is 0 Å². The Kier molecular flexibility index (Phi) is 5.93. The first kappa shape index (κ1) is 18.7. The Bertz CT molecular complexity index is 853. The van der Waals surface area contributed by atoms with E-state index in [0.29, 0.717) is 5.96 Å². The molecule has 0 saturated heterocycles. The summed E-state index contributed by atoms with van der Waals surface area (Å²) in [6.07, 6.45) is 0. The van der Waals surface area contributed by atoms with E-state index in [1.165, 1.54) is 0 Å². The first-order valence-electron chi connectivity index (χ1n) is 8.39. The number of aliphatic imine (C=N–C) groups is 1. The Morgan fingerprint density at radius 3 is 1.96 bits per heavy atom. The van der Waals surface area contributed by atoms with Gasteiger partial charge in [-0.2, -0.15) is 0 Å². The Morgan fingerprint density at radius 2 is 1.48 bits per heavy atom. The number of guanidine groups is 1. The van der Waals surface area contributed by atoms with Crippen LogP contribution >= 0.6 is 11.3 Å². The summed E-state index contributed by atoms with van der Waals surface area (Å²) in [5.74, 6) is 2.29. The third kappa shape index (κ3) is 4.20. The molecule has 0 amide bonds. The molecule has 0 aliphatic carbocycles. The molecule has 0 atom stereocenters. The van der Waals surface area contributed by atoms with E-state index in [4.69, 9.17) is 14.5 Å². The third-order valence-electron chi connectivity index (χ3n) is 4.03. The van der Waals surface area contributed by atoms with Crippen LogP contribution in [-0.4, -0.2) is 39.3 Å². The number of anilines is 1. The maximum atomic E-state index is 5.27. The van der Waals surface area contributed by atoms with E-state index < -0.39 is 0 Å². The highest BCUT2D eigenvalue weighted by Crippen LogP contribution is 2.39. The Hall–Kier alpha value is -3.06. The second-order valence-corrected chi connectivity index (χ2v) is 6.60. The summed E-state index contributed by atoms with van der Waals surface area (Å²) in [5, 5.41) is 7.00. The van der Waals surface area contributed by atoms with Crippen molar-refractivity contribution >= 4 is 22.4 Å². The number of aromatic nitrogens is 1. The zero-order valence-electron chi connectivity index (χ0n) is 15.7. The molecule has 0 spiro atoms. The average Bonchev–Trinajstić information content (AvgIpc) is 3.16. The van der Waals surface area contributed by atoms with E-state index in [2.05, 4.69) is 15.6 Å². The fourth-order valence-electron chi connectivity index (χ4n) is 2.59. The molecule has 7 heteroatoms. The van der Waals surface area contributed by atoms with Crippen LogP contribution in [0.4, 0.5) is 5.13 Å². The van der Waals surface area contributed by atoms with Gasteiger partial charge in [-0.3, -0.25) is 4.99 Å². The Morgan fingerprint density at radius 1 is 0.926 bits per heavy atom. The van der Waals surface area contributed by atoms with Gasteiger partial charge in [-0.15, -0.1) is 0 Å². The lowest BCUT2D eigenvalue weighted by Crippen LogP contribution is -2.26. The quantitative estimate of drug-likeness (QED) is 0.513. The number of rotatable bonds is 5. The van der Waals surface area contributed by atoms with Crippen molar-refractivity contribution in [1.82, 2.24) is 10.3 Å². The highest BCUT2D eigenvalue weighted by atomic mass is 32.1. The van der Waals surface area contributed by atoms with Crippen molar-refractivity contribution in [3.63, 3.8) is 0 Å². The molecule has 2 aromatic carbocycles. The molecule has 3 rings (SSSR count). The molecule has 1 aromatic heterocycles. The third-order valence-corrected chi connectivity index (χ3v) is 5.05. The standard InChI is InChI=1S/C20H22N4O2S/c1-21-19(22-2)24-20-23-17(13-5-9-15(25-3)10-6-13)18(27-20)14-7-11-16(26-4)12-8-14/h5-12H,1-4H3,(H2,21,22,23,24). The SMILES string of the molecule is CN=C(NC)Nc1nc(-c2ccc(OC)cc2)c(-c2ccc(OC)cc2)s1. The number of nitrogens with one attached hydrogen (secondary N) is 2. The maximum absolute atomic E-state index is 5.27. The normalized spacial score (nSPS) is 11.2. The number of hydrogen-bond acceptors (Lipinski definition) is 5. The molecule has 0 fully saturated rings. The van der Waals surface area contributed by atoms with E-state index >= 15 is 0 Å². The first-order chi connectivity index (χ1) is 13.2. The summed E-state index contributed by atoms with van der Waals surface area (Å²) in [6, 6.07) is 15.9. The molecule has 0 unspecified atom stereocenters. The largest absolute Gasteiger partial charge is 0.497 e. The van der Waals surface area contributed by atoms with Crippen LogP contribution in [0, 0.1) is 0 Å². The minimum absolute atomic E-state index is 0.659. The van der Waals surface area contributed by atoms with Crippen LogP contribution in [-0.2, 0) is 0 Å². The van der Waals surface area contributed by atoms with Crippen LogP contribution in [0.15, 0.2) is 53.5 Å². The van der Waals surface area contributed by atoms with Crippen molar-refractivity contribution < 1.29 is 9.47 Å². The van der Waals surface area contributed by atoms with Crippen molar-refractivity contribution in [2.24, 2.45) is 4.99 Å². The zero-order valence-corrected chi connectivity index (χ0v) is 16.6. The molecule has 1 heterocycles. The first-order valence-corrected chi connectivity index (χ1v) is 9.21. The Balaban J connectivity index is 2.06. The molecular formula is C20H22N4O2S. The smallest absolute Gasteiger partial charge is 0.197 e. The minimum atomic E-state index is 0.659. The van der Waals surface area contributed by atoms with Gasteiger partial charge in [-0.25, -0.2) is 4.98 Å². The summed E-state index contributed by atoms with van der Waals surface area (Å²) in [7, 11) is 6.86. The van der Waals surface area contributed by atoms with Crippen LogP contribution < -0.4 is 20.1 Å². The molecule has 3 aromatic rings. The van der Waals surface area contributed by atoms with Gasteiger partial charge in [0.15, 0.2) is 11.1 Å². The lowest BCUT2D eigenvalue weighted by molar-refractivity contribution is 0.414. The number of benzene rings is 2. The summed E-state index contributed by atoms with van der Waals surface area (Å²) in [6.45, 7) is 0. The number of nitrogens with zero attached hydrogens (tertiary/aromatic N) is 2. The van der Waals surface area contributed by atoms with E-state index in [-0.39, 0.29) is 0 Å². The molecule has 0 aliphatic heterocycles. The Labute approximate surface area is 162 Å². The predicted molar refractivity (Wildman–Crippen MR) is 112 cm³/mol. The van der Waals surface area contributed by atoms with Gasteiger partial charge < -0.3 is 20.1 Å². The molecule has 0 aliphatic rings. The van der Waals surface area contributed by atoms with Crippen molar-refractivity contribution in [3.05, 3.63) is 48.5 Å². The second kappa shape index (κ2) is 8.55. The molecule has 0 saturated carbocycles. The second-order valence-electron chi connectivity index (χ2n) is 5.60. The summed E-state index contributed by atoms with van der Waals surface area (Å²) < 4.78 is 10.5. The summed E-state index contributed by atoms with van der Waals surface area (Å²) >= 11 is 1.57. The van der Waals surface area contributed by atoms with Gasteiger partial charge in [0.1, 0.15) is 11.5 Å². The number of ether oxygens (including phenoxy) is 2. The fourth-order valence-corrected chi connectivity index (χ4v) is 3.58. The molecule has 2 N–H and O–H groups in total. The monoisotopic (exact) mass is 382 g/mol. The molecule has 6 nitrogen and oxygen atoms in total. The highest BCUT2D eigenvalue weighted by molar-refractivity contribution is 7.19. The fraction of sp³-hybridized carbons (Fsp3) is 0.200. The van der Waals surface area contributed by atoms with Crippen LogP contribution in [0.2, 0.25) is 0 Å². The molecule has 140 valence electrons. The summed E-state index contributed by atoms with van der Waals surface area (Å²) in [4.78, 5) is 10.0. The van der Waals surface area contributed by atoms with E-state index in [0.717, 1.165) is 38.3 Å². The number of methoxy groups -OCH3 is 2. The molecular weight excluding hydrogens is 360 g/mol. The average molecular weight is 382 g/mol. The van der Waals surface area contributed by atoms with Crippen molar-refractivity contribution in [2.75, 3.05) is 33.6 Å². The minimum Gasteiger partial charge on any atom is -0.497 e. The van der Waals surface area contributed by atoms with E-state index in [9.17, 15) is 0 Å². The lowest BCUT2D eigenvalue weighted by Gasteiger charge is -2.05. The molecule has 0 bridgehead atoms. The van der Waals surface area contributed by atoms with Crippen molar-refractivity contribution in [3.8, 4) is 33.2 Å². The maximum Gasteiger partial charge on any atom is 0.197 e. The lowest BCUT2D eigenvalue weighted by atomic mass is 10.1. The van der Waals surface area contributed by atoms with Gasteiger partial charge in [-0.05, 0) is 54.1 Å². The van der Waals surface area contributed by atoms with Gasteiger partial charge in [0.2, 0.25) is 0 Å². The van der Waals surface area contributed by atoms with E-state index in [1.807, 2.05) is 55.6 Å².